The Bertz CT molecular complexity index is 726. The van der Waals surface area contributed by atoms with Crippen LogP contribution in [0.2, 0.25) is 0 Å². The van der Waals surface area contributed by atoms with E-state index < -0.39 is 17.5 Å². The van der Waals surface area contributed by atoms with E-state index in [1.165, 1.54) is 24.3 Å². The highest BCUT2D eigenvalue weighted by atomic mass is 79.9. The maximum absolute atomic E-state index is 13.6. The van der Waals surface area contributed by atoms with Crippen LogP contribution in [0.15, 0.2) is 40.9 Å². The van der Waals surface area contributed by atoms with E-state index in [9.17, 15) is 13.6 Å². The van der Waals surface area contributed by atoms with Crippen LogP contribution >= 0.6 is 15.9 Å². The molecule has 100 valence electrons. The average molecular weight is 337 g/mol. The van der Waals surface area contributed by atoms with Gasteiger partial charge in [-0.3, -0.25) is 4.79 Å². The van der Waals surface area contributed by atoms with Crippen LogP contribution in [-0.4, -0.2) is 5.91 Å². The Morgan fingerprint density at radius 2 is 1.95 bits per heavy atom. The molecular formula is C14H7BrF2N2O. The van der Waals surface area contributed by atoms with Gasteiger partial charge in [-0.15, -0.1) is 0 Å². The summed E-state index contributed by atoms with van der Waals surface area (Å²) in [5.74, 6) is -2.22. The van der Waals surface area contributed by atoms with Crippen molar-refractivity contribution in [3.05, 3.63) is 63.6 Å². The fraction of sp³-hybridized carbons (Fsp3) is 0. The Morgan fingerprint density at radius 1 is 1.20 bits per heavy atom. The number of nitriles is 1. The highest BCUT2D eigenvalue weighted by Crippen LogP contribution is 2.20. The van der Waals surface area contributed by atoms with E-state index in [-0.39, 0.29) is 16.8 Å². The van der Waals surface area contributed by atoms with E-state index in [0.29, 0.717) is 4.47 Å². The van der Waals surface area contributed by atoms with Gasteiger partial charge in [0.25, 0.3) is 5.91 Å². The summed E-state index contributed by atoms with van der Waals surface area (Å²) >= 11 is 3.08. The van der Waals surface area contributed by atoms with Gasteiger partial charge >= 0.3 is 0 Å². The van der Waals surface area contributed by atoms with Gasteiger partial charge in [-0.1, -0.05) is 22.0 Å². The van der Waals surface area contributed by atoms with Gasteiger partial charge in [0.1, 0.15) is 23.3 Å². The highest BCUT2D eigenvalue weighted by molar-refractivity contribution is 9.10. The molecule has 0 atom stereocenters. The fourth-order valence-electron chi connectivity index (χ4n) is 1.61. The second kappa shape index (κ2) is 5.80. The van der Waals surface area contributed by atoms with Crippen LogP contribution in [-0.2, 0) is 0 Å². The van der Waals surface area contributed by atoms with Crippen LogP contribution in [0.3, 0.4) is 0 Å². The van der Waals surface area contributed by atoms with Gasteiger partial charge in [0, 0.05) is 4.47 Å². The minimum absolute atomic E-state index is 0.000168. The summed E-state index contributed by atoms with van der Waals surface area (Å²) in [4.78, 5) is 11.9. The molecule has 1 N–H and O–H groups in total. The topological polar surface area (TPSA) is 52.9 Å². The summed E-state index contributed by atoms with van der Waals surface area (Å²) in [6, 6.07) is 9.43. The predicted octanol–water partition coefficient (Wildman–Crippen LogP) is 3.85. The van der Waals surface area contributed by atoms with Crippen molar-refractivity contribution in [3.63, 3.8) is 0 Å². The first-order valence-corrected chi connectivity index (χ1v) is 6.27. The standard InChI is InChI=1S/C14H7BrF2N2O/c15-8-4-5-9(12(17)6-8)14(20)19-13-3-1-2-11(16)10(13)7-18/h1-6H,(H,19,20). The van der Waals surface area contributed by atoms with Gasteiger partial charge in [-0.25, -0.2) is 8.78 Å². The molecule has 0 fully saturated rings. The number of carbonyl (C=O) groups is 1. The van der Waals surface area contributed by atoms with Gasteiger partial charge in [0.05, 0.1) is 11.3 Å². The third-order valence-corrected chi connectivity index (χ3v) is 3.04. The van der Waals surface area contributed by atoms with Crippen molar-refractivity contribution in [1.29, 1.82) is 5.26 Å². The van der Waals surface area contributed by atoms with Gasteiger partial charge in [0.15, 0.2) is 0 Å². The molecule has 20 heavy (non-hydrogen) atoms. The molecule has 3 nitrogen and oxygen atoms in total. The van der Waals surface area contributed by atoms with E-state index in [2.05, 4.69) is 21.2 Å². The van der Waals surface area contributed by atoms with Gasteiger partial charge in [-0.05, 0) is 30.3 Å². The van der Waals surface area contributed by atoms with Crippen LogP contribution in [0.4, 0.5) is 14.5 Å². The van der Waals surface area contributed by atoms with E-state index in [0.717, 1.165) is 12.1 Å². The zero-order chi connectivity index (χ0) is 14.7. The van der Waals surface area contributed by atoms with E-state index >= 15 is 0 Å². The van der Waals surface area contributed by atoms with E-state index in [1.807, 2.05) is 0 Å². The van der Waals surface area contributed by atoms with Crippen LogP contribution in [0.25, 0.3) is 0 Å². The number of rotatable bonds is 2. The molecule has 0 bridgehead atoms. The average Bonchev–Trinajstić information content (AvgIpc) is 2.38. The summed E-state index contributed by atoms with van der Waals surface area (Å²) in [5, 5.41) is 11.2. The molecule has 2 rings (SSSR count). The van der Waals surface area contributed by atoms with Crippen molar-refractivity contribution >= 4 is 27.5 Å². The largest absolute Gasteiger partial charge is 0.321 e. The maximum atomic E-state index is 13.6. The van der Waals surface area contributed by atoms with Gasteiger partial charge in [0.2, 0.25) is 0 Å². The molecule has 0 aliphatic rings. The lowest BCUT2D eigenvalue weighted by Crippen LogP contribution is -2.15. The second-order valence-corrected chi connectivity index (χ2v) is 4.77. The third kappa shape index (κ3) is 2.83. The number of anilines is 1. The Kier molecular flexibility index (Phi) is 4.11. The minimum Gasteiger partial charge on any atom is -0.321 e. The quantitative estimate of drug-likeness (QED) is 0.905. The zero-order valence-electron chi connectivity index (χ0n) is 9.95. The number of amides is 1. The Labute approximate surface area is 122 Å². The first kappa shape index (κ1) is 14.2. The van der Waals surface area contributed by atoms with Crippen molar-refractivity contribution in [2.24, 2.45) is 0 Å². The Hall–Kier alpha value is -2.26. The second-order valence-electron chi connectivity index (χ2n) is 3.85. The molecule has 0 aliphatic heterocycles. The molecule has 0 aliphatic carbocycles. The molecule has 1 amide bonds. The molecule has 0 spiro atoms. The lowest BCUT2D eigenvalue weighted by Gasteiger charge is -2.08. The van der Waals surface area contributed by atoms with E-state index in [1.54, 1.807) is 6.07 Å². The van der Waals surface area contributed by atoms with Gasteiger partial charge in [-0.2, -0.15) is 5.26 Å². The number of benzene rings is 2. The third-order valence-electron chi connectivity index (χ3n) is 2.55. The van der Waals surface area contributed by atoms with Crippen LogP contribution in [0.1, 0.15) is 15.9 Å². The number of halogens is 3. The minimum atomic E-state index is -0.753. The maximum Gasteiger partial charge on any atom is 0.258 e. The monoisotopic (exact) mass is 336 g/mol. The van der Waals surface area contributed by atoms with Crippen molar-refractivity contribution in [2.45, 2.75) is 0 Å². The Morgan fingerprint density at radius 3 is 2.60 bits per heavy atom. The van der Waals surface area contributed by atoms with Crippen molar-refractivity contribution in [2.75, 3.05) is 5.32 Å². The number of hydrogen-bond donors (Lipinski definition) is 1. The zero-order valence-corrected chi connectivity index (χ0v) is 11.5. The molecular weight excluding hydrogens is 330 g/mol. The molecule has 6 heteroatoms. The summed E-state index contributed by atoms with van der Waals surface area (Å²) in [6.07, 6.45) is 0. The lowest BCUT2D eigenvalue weighted by molar-refractivity contribution is 0.102. The molecule has 2 aromatic rings. The van der Waals surface area contributed by atoms with E-state index in [4.69, 9.17) is 5.26 Å². The number of carbonyl (C=O) groups excluding carboxylic acids is 1. The van der Waals surface area contributed by atoms with Gasteiger partial charge < -0.3 is 5.32 Å². The molecule has 0 radical (unpaired) electrons. The smallest absolute Gasteiger partial charge is 0.258 e. The highest BCUT2D eigenvalue weighted by Gasteiger charge is 2.15. The van der Waals surface area contributed by atoms with Crippen LogP contribution in [0.5, 0.6) is 0 Å². The summed E-state index contributed by atoms with van der Waals surface area (Å²) in [7, 11) is 0. The summed E-state index contributed by atoms with van der Waals surface area (Å²) in [5.41, 5.74) is -0.487. The lowest BCUT2D eigenvalue weighted by atomic mass is 10.1. The molecule has 0 unspecified atom stereocenters. The van der Waals surface area contributed by atoms with Crippen molar-refractivity contribution in [1.82, 2.24) is 0 Å². The normalized spacial score (nSPS) is 9.90. The molecule has 2 aromatic carbocycles. The van der Waals surface area contributed by atoms with Crippen molar-refractivity contribution < 1.29 is 13.6 Å². The number of hydrogen-bond acceptors (Lipinski definition) is 2. The molecule has 0 saturated heterocycles. The Balaban J connectivity index is 2.33. The molecule has 0 aromatic heterocycles. The molecule has 0 heterocycles. The predicted molar refractivity (Wildman–Crippen MR) is 73.2 cm³/mol. The SMILES string of the molecule is N#Cc1c(F)cccc1NC(=O)c1ccc(Br)cc1F. The number of nitrogens with one attached hydrogen (secondary N) is 1. The van der Waals surface area contributed by atoms with Crippen LogP contribution < -0.4 is 5.32 Å². The van der Waals surface area contributed by atoms with Crippen molar-refractivity contribution in [3.8, 4) is 6.07 Å². The first-order chi connectivity index (χ1) is 9.52. The first-order valence-electron chi connectivity index (χ1n) is 5.48. The summed E-state index contributed by atoms with van der Waals surface area (Å²) in [6.45, 7) is 0. The fourth-order valence-corrected chi connectivity index (χ4v) is 1.94. The number of nitrogens with zero attached hydrogens (tertiary/aromatic N) is 1. The molecule has 0 saturated carbocycles. The summed E-state index contributed by atoms with van der Waals surface area (Å²) < 4.78 is 27.5. The van der Waals surface area contributed by atoms with Crippen LogP contribution in [0, 0.1) is 23.0 Å².